The Bertz CT molecular complexity index is 1190. The highest BCUT2D eigenvalue weighted by Crippen LogP contribution is 2.26. The third kappa shape index (κ3) is 3.55. The van der Waals surface area contributed by atoms with Gasteiger partial charge in [0.2, 0.25) is 0 Å². The van der Waals surface area contributed by atoms with Gasteiger partial charge in [0.25, 0.3) is 10.0 Å². The van der Waals surface area contributed by atoms with Gasteiger partial charge in [0.1, 0.15) is 0 Å². The summed E-state index contributed by atoms with van der Waals surface area (Å²) in [5.74, 6) is 0. The van der Waals surface area contributed by atoms with Gasteiger partial charge in [-0.25, -0.2) is 8.42 Å². The number of benzene rings is 3. The van der Waals surface area contributed by atoms with Crippen LogP contribution in [0.2, 0.25) is 5.02 Å². The molecule has 4 nitrogen and oxygen atoms in total. The van der Waals surface area contributed by atoms with Crippen LogP contribution in [-0.4, -0.2) is 20.7 Å². The lowest BCUT2D eigenvalue weighted by Gasteiger charge is -2.18. The van der Waals surface area contributed by atoms with Crippen molar-refractivity contribution >= 4 is 33.0 Å². The van der Waals surface area contributed by atoms with E-state index in [9.17, 15) is 8.42 Å². The molecule has 0 saturated heterocycles. The SMILES string of the molecule is Cc1c(Cl)cccc1S(=O)(=O)Nc1cccc(C2=NCCc3ccccc32)c1. The predicted octanol–water partition coefficient (Wildman–Crippen LogP) is 4.84. The van der Waals surface area contributed by atoms with Gasteiger partial charge in [-0.15, -0.1) is 0 Å². The van der Waals surface area contributed by atoms with E-state index < -0.39 is 10.0 Å². The fourth-order valence-corrected chi connectivity index (χ4v) is 4.96. The summed E-state index contributed by atoms with van der Waals surface area (Å²) >= 11 is 6.09. The van der Waals surface area contributed by atoms with Crippen LogP contribution in [0.25, 0.3) is 0 Å². The zero-order valence-corrected chi connectivity index (χ0v) is 16.9. The lowest BCUT2D eigenvalue weighted by atomic mass is 9.93. The van der Waals surface area contributed by atoms with Crippen molar-refractivity contribution in [3.63, 3.8) is 0 Å². The van der Waals surface area contributed by atoms with Gasteiger partial charge in [0.05, 0.1) is 10.6 Å². The first kappa shape index (κ1) is 18.7. The number of aliphatic imine (C=N–C) groups is 1. The van der Waals surface area contributed by atoms with Gasteiger partial charge >= 0.3 is 0 Å². The Hall–Kier alpha value is -2.63. The van der Waals surface area contributed by atoms with Gasteiger partial charge < -0.3 is 0 Å². The lowest BCUT2D eigenvalue weighted by molar-refractivity contribution is 0.600. The fraction of sp³-hybridized carbons (Fsp3) is 0.136. The van der Waals surface area contributed by atoms with Crippen LogP contribution in [0.4, 0.5) is 5.69 Å². The van der Waals surface area contributed by atoms with Crippen molar-refractivity contribution in [1.82, 2.24) is 0 Å². The van der Waals surface area contributed by atoms with E-state index in [2.05, 4.69) is 21.8 Å². The van der Waals surface area contributed by atoms with Crippen molar-refractivity contribution in [2.24, 2.45) is 4.99 Å². The van der Waals surface area contributed by atoms with E-state index in [1.54, 1.807) is 31.2 Å². The third-order valence-electron chi connectivity index (χ3n) is 4.82. The van der Waals surface area contributed by atoms with E-state index in [1.807, 2.05) is 30.3 Å². The molecule has 3 aromatic rings. The normalized spacial score (nSPS) is 13.6. The number of hydrogen-bond donors (Lipinski definition) is 1. The van der Waals surface area contributed by atoms with E-state index in [0.717, 1.165) is 29.8 Å². The number of halogens is 1. The molecule has 0 aromatic heterocycles. The molecule has 0 aliphatic carbocycles. The van der Waals surface area contributed by atoms with Crippen molar-refractivity contribution in [3.05, 3.63) is 94.0 Å². The second kappa shape index (κ2) is 7.41. The molecule has 0 atom stereocenters. The van der Waals surface area contributed by atoms with E-state index in [-0.39, 0.29) is 4.90 Å². The Morgan fingerprint density at radius 1 is 1.00 bits per heavy atom. The van der Waals surface area contributed by atoms with Crippen LogP contribution >= 0.6 is 11.6 Å². The van der Waals surface area contributed by atoms with Gasteiger partial charge in [0.15, 0.2) is 0 Å². The minimum atomic E-state index is -3.75. The van der Waals surface area contributed by atoms with Crippen molar-refractivity contribution < 1.29 is 8.42 Å². The molecule has 0 saturated carbocycles. The number of anilines is 1. The number of nitrogens with zero attached hydrogens (tertiary/aromatic N) is 1. The Kier molecular flexibility index (Phi) is 4.96. The molecule has 1 aliphatic rings. The largest absolute Gasteiger partial charge is 0.284 e. The third-order valence-corrected chi connectivity index (χ3v) is 6.75. The molecule has 0 unspecified atom stereocenters. The van der Waals surface area contributed by atoms with Crippen LogP contribution in [0.3, 0.4) is 0 Å². The molecule has 6 heteroatoms. The summed E-state index contributed by atoms with van der Waals surface area (Å²) in [6.07, 6.45) is 0.917. The second-order valence-electron chi connectivity index (χ2n) is 6.69. The summed E-state index contributed by atoms with van der Waals surface area (Å²) in [4.78, 5) is 4.86. The zero-order valence-electron chi connectivity index (χ0n) is 15.3. The predicted molar refractivity (Wildman–Crippen MR) is 114 cm³/mol. The first-order valence-corrected chi connectivity index (χ1v) is 10.8. The molecular weight excluding hydrogens is 392 g/mol. The summed E-state index contributed by atoms with van der Waals surface area (Å²) in [5, 5.41) is 0.421. The van der Waals surface area contributed by atoms with E-state index in [1.165, 1.54) is 5.56 Å². The number of rotatable bonds is 4. The number of nitrogens with one attached hydrogen (secondary N) is 1. The molecule has 1 aliphatic heterocycles. The highest BCUT2D eigenvalue weighted by Gasteiger charge is 2.20. The van der Waals surface area contributed by atoms with Gasteiger partial charge in [-0.3, -0.25) is 9.71 Å². The maximum absolute atomic E-state index is 12.9. The highest BCUT2D eigenvalue weighted by atomic mass is 35.5. The van der Waals surface area contributed by atoms with Gasteiger partial charge in [-0.1, -0.05) is 54.1 Å². The van der Waals surface area contributed by atoms with E-state index >= 15 is 0 Å². The molecule has 0 radical (unpaired) electrons. The summed E-state index contributed by atoms with van der Waals surface area (Å²) in [6, 6.07) is 20.4. The van der Waals surface area contributed by atoms with Crippen LogP contribution in [-0.2, 0) is 16.4 Å². The summed E-state index contributed by atoms with van der Waals surface area (Å²) in [6.45, 7) is 2.42. The molecule has 0 amide bonds. The summed E-state index contributed by atoms with van der Waals surface area (Å²) in [7, 11) is -3.75. The molecule has 1 N–H and O–H groups in total. The topological polar surface area (TPSA) is 58.5 Å². The molecule has 3 aromatic carbocycles. The smallest absolute Gasteiger partial charge is 0.262 e. The first-order chi connectivity index (χ1) is 13.5. The highest BCUT2D eigenvalue weighted by molar-refractivity contribution is 7.92. The molecule has 0 fully saturated rings. The second-order valence-corrected chi connectivity index (χ2v) is 8.74. The molecule has 142 valence electrons. The lowest BCUT2D eigenvalue weighted by Crippen LogP contribution is -2.16. The fourth-order valence-electron chi connectivity index (χ4n) is 3.41. The average molecular weight is 411 g/mol. The number of hydrogen-bond acceptors (Lipinski definition) is 3. The summed E-state index contributed by atoms with van der Waals surface area (Å²) < 4.78 is 28.4. The van der Waals surface area contributed by atoms with Crippen molar-refractivity contribution in [2.45, 2.75) is 18.2 Å². The van der Waals surface area contributed by atoms with Gasteiger partial charge in [0, 0.05) is 28.4 Å². The van der Waals surface area contributed by atoms with Crippen LogP contribution in [0.5, 0.6) is 0 Å². The van der Waals surface area contributed by atoms with Crippen molar-refractivity contribution in [2.75, 3.05) is 11.3 Å². The molecular formula is C22H19ClN2O2S. The molecule has 0 spiro atoms. The van der Waals surface area contributed by atoms with Crippen molar-refractivity contribution in [3.8, 4) is 0 Å². The standard InChI is InChI=1S/C22H19ClN2O2S/c1-15-20(23)10-5-11-21(15)28(26,27)25-18-8-4-7-17(14-18)22-19-9-3-2-6-16(19)12-13-24-22/h2-11,14,25H,12-13H2,1H3. The minimum Gasteiger partial charge on any atom is -0.284 e. The Balaban J connectivity index is 1.69. The molecule has 0 bridgehead atoms. The zero-order chi connectivity index (χ0) is 19.7. The van der Waals surface area contributed by atoms with Crippen LogP contribution < -0.4 is 4.72 Å². The minimum absolute atomic E-state index is 0.172. The maximum Gasteiger partial charge on any atom is 0.262 e. The van der Waals surface area contributed by atoms with Crippen molar-refractivity contribution in [1.29, 1.82) is 0 Å². The Morgan fingerprint density at radius 2 is 1.79 bits per heavy atom. The number of sulfonamides is 1. The van der Waals surface area contributed by atoms with E-state index in [4.69, 9.17) is 11.6 Å². The average Bonchev–Trinajstić information content (AvgIpc) is 2.69. The monoisotopic (exact) mass is 410 g/mol. The summed E-state index contributed by atoms with van der Waals surface area (Å²) in [5.41, 5.74) is 5.14. The maximum atomic E-state index is 12.9. The van der Waals surface area contributed by atoms with Gasteiger partial charge in [-0.05, 0) is 48.7 Å². The van der Waals surface area contributed by atoms with Crippen LogP contribution in [0.1, 0.15) is 22.3 Å². The first-order valence-electron chi connectivity index (χ1n) is 8.97. The van der Waals surface area contributed by atoms with Crippen LogP contribution in [0, 0.1) is 6.92 Å². The molecule has 1 heterocycles. The quantitative estimate of drug-likeness (QED) is 0.668. The van der Waals surface area contributed by atoms with Gasteiger partial charge in [-0.2, -0.15) is 0 Å². The van der Waals surface area contributed by atoms with E-state index in [0.29, 0.717) is 16.3 Å². The Labute approximate surface area is 170 Å². The molecule has 4 rings (SSSR count). The Morgan fingerprint density at radius 3 is 2.64 bits per heavy atom. The number of fused-ring (bicyclic) bond motifs is 1. The molecule has 28 heavy (non-hydrogen) atoms. The van der Waals surface area contributed by atoms with Crippen LogP contribution in [0.15, 0.2) is 76.6 Å².